The number of H-pyrrole nitrogens is 2. The molecule has 5 aromatic rings. The quantitative estimate of drug-likeness (QED) is 0.180. The van der Waals surface area contributed by atoms with E-state index >= 15 is 0 Å². The molecule has 7 rings (SSSR count). The average Bonchev–Trinajstić information content (AvgIpc) is 3.92. The van der Waals surface area contributed by atoms with Gasteiger partial charge >= 0.3 is 0 Å². The van der Waals surface area contributed by atoms with Crippen molar-refractivity contribution in [1.29, 1.82) is 0 Å². The summed E-state index contributed by atoms with van der Waals surface area (Å²) in [6.45, 7) is 1.38. The first-order valence-electron chi connectivity index (χ1n) is 16.1. The zero-order valence-electron chi connectivity index (χ0n) is 26.6. The van der Waals surface area contributed by atoms with Gasteiger partial charge < -0.3 is 19.8 Å². The molecule has 2 saturated heterocycles. The molecule has 4 heterocycles. The van der Waals surface area contributed by atoms with Crippen molar-refractivity contribution in [3.05, 3.63) is 108 Å². The lowest BCUT2D eigenvalue weighted by Crippen LogP contribution is -2.40. The Morgan fingerprint density at radius 2 is 1.34 bits per heavy atom. The van der Waals surface area contributed by atoms with E-state index in [4.69, 9.17) is 4.98 Å². The molecular formula is C37H38FN7O2. The van der Waals surface area contributed by atoms with Crippen LogP contribution >= 0.6 is 0 Å². The van der Waals surface area contributed by atoms with E-state index in [1.54, 1.807) is 42.1 Å². The number of imidazole rings is 2. The Bertz CT molecular complexity index is 1860. The second kappa shape index (κ2) is 13.0. The Kier molecular flexibility index (Phi) is 8.43. The second-order valence-electron chi connectivity index (χ2n) is 12.6. The lowest BCUT2D eigenvalue weighted by atomic mass is 10.0. The molecule has 2 aliphatic rings. The minimum atomic E-state index is -0.712. The number of likely N-dealkylation sites (tertiary alicyclic amines) is 2. The maximum atomic E-state index is 14.7. The first-order chi connectivity index (χ1) is 22.9. The van der Waals surface area contributed by atoms with Gasteiger partial charge in [-0.05, 0) is 68.1 Å². The number of rotatable bonds is 9. The minimum Gasteiger partial charge on any atom is -0.340 e. The standard InChI is InChI=1S/C37H38FN7O2/c1-43(2)34(28-7-3-4-8-29(28)38)37(47)45-20-6-10-33(45)36-40-22-31(42-36)27-17-13-25(14-18-27)24-11-15-26(16-12-24)30-21-39-35(41-30)32-9-5-19-44(32)23-46/h3-4,7-8,11-18,21-23,32-34H,5-6,9-10,19-20H2,1-2H3,(H,39,41)(H,40,42)/t32-,33-,34+/m0/s1. The molecule has 2 fully saturated rings. The molecule has 0 radical (unpaired) electrons. The van der Waals surface area contributed by atoms with Gasteiger partial charge in [-0.2, -0.15) is 0 Å². The molecule has 0 unspecified atom stereocenters. The van der Waals surface area contributed by atoms with Crippen LogP contribution in [0.25, 0.3) is 33.6 Å². The van der Waals surface area contributed by atoms with Gasteiger partial charge in [0.05, 0.1) is 35.9 Å². The van der Waals surface area contributed by atoms with Crippen molar-refractivity contribution in [2.45, 2.75) is 43.8 Å². The predicted molar refractivity (Wildman–Crippen MR) is 178 cm³/mol. The van der Waals surface area contributed by atoms with Crippen molar-refractivity contribution in [1.82, 2.24) is 34.6 Å². The maximum absolute atomic E-state index is 14.7. The zero-order chi connectivity index (χ0) is 32.5. The molecular weight excluding hydrogens is 593 g/mol. The molecule has 240 valence electrons. The van der Waals surface area contributed by atoms with E-state index in [9.17, 15) is 14.0 Å². The lowest BCUT2D eigenvalue weighted by molar-refractivity contribution is -0.137. The number of amides is 2. The van der Waals surface area contributed by atoms with Crippen molar-refractivity contribution in [2.75, 3.05) is 27.2 Å². The van der Waals surface area contributed by atoms with Crippen LogP contribution in [0.5, 0.6) is 0 Å². The smallest absolute Gasteiger partial charge is 0.245 e. The SMILES string of the molecule is CN(C)[C@@H](C(=O)N1CCC[C@H]1c1ncc(-c2ccc(-c3ccc(-c4cnc([C@@H]5CCCN5C=O)[nH]4)cc3)cc2)[nH]1)c1ccccc1F. The van der Waals surface area contributed by atoms with Crippen molar-refractivity contribution in [3.8, 4) is 33.6 Å². The second-order valence-corrected chi connectivity index (χ2v) is 12.6. The number of nitrogens with one attached hydrogen (secondary N) is 2. The molecule has 3 atom stereocenters. The Morgan fingerprint density at radius 1 is 0.809 bits per heavy atom. The molecule has 2 N–H and O–H groups in total. The summed E-state index contributed by atoms with van der Waals surface area (Å²) < 4.78 is 14.7. The van der Waals surface area contributed by atoms with Crippen LogP contribution in [0.1, 0.15) is 61.0 Å². The number of halogens is 1. The van der Waals surface area contributed by atoms with Crippen LogP contribution in [0.2, 0.25) is 0 Å². The number of aromatic amines is 2. The number of hydrogen-bond donors (Lipinski definition) is 2. The van der Waals surface area contributed by atoms with Crippen LogP contribution in [0.4, 0.5) is 4.39 Å². The molecule has 2 aromatic heterocycles. The predicted octanol–water partition coefficient (Wildman–Crippen LogP) is 6.53. The van der Waals surface area contributed by atoms with Crippen LogP contribution in [-0.2, 0) is 9.59 Å². The van der Waals surface area contributed by atoms with Crippen molar-refractivity contribution >= 4 is 12.3 Å². The Hall–Kier alpha value is -5.09. The van der Waals surface area contributed by atoms with Crippen LogP contribution < -0.4 is 0 Å². The third kappa shape index (κ3) is 5.96. The van der Waals surface area contributed by atoms with Gasteiger partial charge in [0, 0.05) is 18.7 Å². The van der Waals surface area contributed by atoms with Crippen LogP contribution in [-0.4, -0.2) is 74.1 Å². The monoisotopic (exact) mass is 631 g/mol. The van der Waals surface area contributed by atoms with Crippen molar-refractivity contribution < 1.29 is 14.0 Å². The average molecular weight is 632 g/mol. The normalized spacial score (nSPS) is 18.6. The van der Waals surface area contributed by atoms with E-state index in [0.29, 0.717) is 12.1 Å². The Balaban J connectivity index is 1.04. The van der Waals surface area contributed by atoms with Gasteiger partial charge in [0.15, 0.2) is 0 Å². The van der Waals surface area contributed by atoms with Gasteiger partial charge in [0.1, 0.15) is 23.5 Å². The summed E-state index contributed by atoms with van der Waals surface area (Å²) in [4.78, 5) is 46.7. The van der Waals surface area contributed by atoms with Gasteiger partial charge in [0.2, 0.25) is 12.3 Å². The van der Waals surface area contributed by atoms with Crippen molar-refractivity contribution in [2.24, 2.45) is 0 Å². The minimum absolute atomic E-state index is 0.0191. The number of nitrogens with zero attached hydrogens (tertiary/aromatic N) is 5. The highest BCUT2D eigenvalue weighted by molar-refractivity contribution is 5.84. The topological polar surface area (TPSA) is 101 Å². The summed E-state index contributed by atoms with van der Waals surface area (Å²) in [6.07, 6.45) is 8.14. The van der Waals surface area contributed by atoms with E-state index in [2.05, 4.69) is 63.5 Å². The Labute approximate surface area is 273 Å². The molecule has 0 spiro atoms. The number of aromatic nitrogens is 4. The summed E-state index contributed by atoms with van der Waals surface area (Å²) in [6, 6.07) is 22.3. The lowest BCUT2D eigenvalue weighted by Gasteiger charge is -2.31. The largest absolute Gasteiger partial charge is 0.340 e. The van der Waals surface area contributed by atoms with E-state index in [-0.39, 0.29) is 23.8 Å². The van der Waals surface area contributed by atoms with Gasteiger partial charge in [0.25, 0.3) is 0 Å². The van der Waals surface area contributed by atoms with E-state index in [1.165, 1.54) is 6.07 Å². The third-order valence-electron chi connectivity index (χ3n) is 9.46. The molecule has 0 aliphatic carbocycles. The molecule has 2 amide bonds. The number of benzene rings is 3. The highest BCUT2D eigenvalue weighted by atomic mass is 19.1. The fraction of sp³-hybridized carbons (Fsp3) is 0.297. The fourth-order valence-electron chi connectivity index (χ4n) is 7.00. The van der Waals surface area contributed by atoms with Crippen LogP contribution in [0.15, 0.2) is 85.2 Å². The van der Waals surface area contributed by atoms with Gasteiger partial charge in [-0.1, -0.05) is 66.7 Å². The molecule has 2 aliphatic heterocycles. The third-order valence-corrected chi connectivity index (χ3v) is 9.46. The van der Waals surface area contributed by atoms with Gasteiger partial charge in [-0.25, -0.2) is 14.4 Å². The Morgan fingerprint density at radius 3 is 1.91 bits per heavy atom. The fourth-order valence-corrected chi connectivity index (χ4v) is 7.00. The first-order valence-corrected chi connectivity index (χ1v) is 16.1. The molecule has 9 nitrogen and oxygen atoms in total. The zero-order valence-corrected chi connectivity index (χ0v) is 26.6. The van der Waals surface area contributed by atoms with Crippen LogP contribution in [0, 0.1) is 5.82 Å². The summed E-state index contributed by atoms with van der Waals surface area (Å²) in [5.74, 6) is 1.07. The molecule has 47 heavy (non-hydrogen) atoms. The van der Waals surface area contributed by atoms with Crippen LogP contribution in [0.3, 0.4) is 0 Å². The van der Waals surface area contributed by atoms with E-state index in [1.807, 2.05) is 17.3 Å². The van der Waals surface area contributed by atoms with Gasteiger partial charge in [-0.15, -0.1) is 0 Å². The summed E-state index contributed by atoms with van der Waals surface area (Å²) >= 11 is 0. The number of carbonyl (C=O) groups excluding carboxylic acids is 2. The first kappa shape index (κ1) is 30.6. The number of carbonyl (C=O) groups is 2. The molecule has 0 bridgehead atoms. The summed E-state index contributed by atoms with van der Waals surface area (Å²) in [5.41, 5.74) is 6.41. The summed E-state index contributed by atoms with van der Waals surface area (Å²) in [5, 5.41) is 0. The maximum Gasteiger partial charge on any atom is 0.245 e. The highest BCUT2D eigenvalue weighted by Gasteiger charge is 2.38. The highest BCUT2D eigenvalue weighted by Crippen LogP contribution is 2.36. The molecule has 3 aromatic carbocycles. The van der Waals surface area contributed by atoms with Gasteiger partial charge in [-0.3, -0.25) is 14.5 Å². The molecule has 10 heteroatoms. The van der Waals surface area contributed by atoms with Crippen molar-refractivity contribution in [3.63, 3.8) is 0 Å². The number of hydrogen-bond acceptors (Lipinski definition) is 5. The molecule has 0 saturated carbocycles. The van der Waals surface area contributed by atoms with E-state index in [0.717, 1.165) is 83.9 Å². The van der Waals surface area contributed by atoms with E-state index < -0.39 is 6.04 Å². The number of likely N-dealkylation sites (N-methyl/N-ethyl adjacent to an activating group) is 1. The summed E-state index contributed by atoms with van der Waals surface area (Å²) in [7, 11) is 3.61.